The van der Waals surface area contributed by atoms with Crippen LogP contribution in [0.25, 0.3) is 0 Å². The van der Waals surface area contributed by atoms with Crippen molar-refractivity contribution in [1.29, 1.82) is 0 Å². The molecule has 0 bridgehead atoms. The van der Waals surface area contributed by atoms with E-state index in [2.05, 4.69) is 15.6 Å². The number of carbonyl (C=O) groups excluding carboxylic acids is 2. The minimum atomic E-state index is -0.449. The highest BCUT2D eigenvalue weighted by Gasteiger charge is 2.15. The van der Waals surface area contributed by atoms with Gasteiger partial charge in [-0.1, -0.05) is 19.9 Å². The van der Waals surface area contributed by atoms with Crippen LogP contribution in [0.2, 0.25) is 0 Å². The summed E-state index contributed by atoms with van der Waals surface area (Å²) in [6.07, 6.45) is 0. The second kappa shape index (κ2) is 8.84. The molecule has 1 aromatic heterocycles. The fourth-order valence-corrected chi connectivity index (χ4v) is 2.17. The largest absolute Gasteiger partial charge is 0.497 e. The zero-order valence-electron chi connectivity index (χ0n) is 15.3. The van der Waals surface area contributed by atoms with Gasteiger partial charge in [0.05, 0.1) is 19.9 Å². The molecule has 1 heterocycles. The number of ether oxygens (including phenoxy) is 2. The summed E-state index contributed by atoms with van der Waals surface area (Å²) in [5.41, 5.74) is 0.774. The number of benzene rings is 1. The van der Waals surface area contributed by atoms with Crippen LogP contribution < -0.4 is 20.1 Å². The molecule has 2 amide bonds. The molecule has 0 spiro atoms. The number of nitrogens with zero attached hydrogens (tertiary/aromatic N) is 1. The molecule has 0 saturated carbocycles. The van der Waals surface area contributed by atoms with E-state index in [1.54, 1.807) is 36.4 Å². The van der Waals surface area contributed by atoms with Gasteiger partial charge in [0.1, 0.15) is 22.9 Å². The van der Waals surface area contributed by atoms with Crippen molar-refractivity contribution in [2.45, 2.75) is 13.8 Å². The Bertz CT molecular complexity index is 790. The van der Waals surface area contributed by atoms with Gasteiger partial charge in [-0.15, -0.1) is 0 Å². The minimum absolute atomic E-state index is 0.132. The van der Waals surface area contributed by atoms with Crippen molar-refractivity contribution >= 4 is 17.5 Å². The number of hydrogen-bond donors (Lipinski definition) is 2. The van der Waals surface area contributed by atoms with Crippen molar-refractivity contribution in [3.8, 4) is 11.5 Å². The molecule has 0 unspecified atom stereocenters. The Balaban J connectivity index is 2.18. The summed E-state index contributed by atoms with van der Waals surface area (Å²) in [5, 5.41) is 5.51. The first-order valence-corrected chi connectivity index (χ1v) is 8.23. The van der Waals surface area contributed by atoms with Crippen molar-refractivity contribution in [3.05, 3.63) is 47.8 Å². The highest BCUT2D eigenvalue weighted by Crippen LogP contribution is 2.29. The van der Waals surface area contributed by atoms with E-state index < -0.39 is 5.91 Å². The molecule has 0 radical (unpaired) electrons. The molecule has 2 rings (SSSR count). The van der Waals surface area contributed by atoms with E-state index in [0.717, 1.165) is 0 Å². The summed E-state index contributed by atoms with van der Waals surface area (Å²) in [5.74, 6) is 0.634. The lowest BCUT2D eigenvalue weighted by Gasteiger charge is -2.12. The molecule has 0 aliphatic carbocycles. The van der Waals surface area contributed by atoms with Gasteiger partial charge in [0.2, 0.25) is 0 Å². The molecule has 2 aromatic rings. The third kappa shape index (κ3) is 4.95. The summed E-state index contributed by atoms with van der Waals surface area (Å²) in [4.78, 5) is 28.8. The van der Waals surface area contributed by atoms with Crippen molar-refractivity contribution < 1.29 is 19.1 Å². The summed E-state index contributed by atoms with van der Waals surface area (Å²) in [6, 6.07) is 9.80. The third-order valence-corrected chi connectivity index (χ3v) is 3.54. The maximum absolute atomic E-state index is 12.5. The van der Waals surface area contributed by atoms with Gasteiger partial charge in [0.25, 0.3) is 11.8 Å². The lowest BCUT2D eigenvalue weighted by atomic mass is 10.2. The molecular formula is C19H23N3O4. The molecule has 0 aliphatic heterocycles. The zero-order chi connectivity index (χ0) is 19.1. The molecule has 0 saturated heterocycles. The smallest absolute Gasteiger partial charge is 0.274 e. The van der Waals surface area contributed by atoms with Crippen molar-refractivity contribution in [2.75, 3.05) is 26.1 Å². The van der Waals surface area contributed by atoms with Crippen LogP contribution in [0, 0.1) is 5.92 Å². The van der Waals surface area contributed by atoms with Gasteiger partial charge in [0.15, 0.2) is 0 Å². The van der Waals surface area contributed by atoms with E-state index in [4.69, 9.17) is 9.47 Å². The third-order valence-electron chi connectivity index (χ3n) is 3.54. The number of anilines is 1. The lowest BCUT2D eigenvalue weighted by molar-refractivity contribution is 0.0944. The number of aromatic nitrogens is 1. The number of pyridine rings is 1. The molecule has 1 aromatic carbocycles. The summed E-state index contributed by atoms with van der Waals surface area (Å²) >= 11 is 0. The van der Waals surface area contributed by atoms with E-state index in [1.165, 1.54) is 14.2 Å². The highest BCUT2D eigenvalue weighted by molar-refractivity contribution is 6.04. The lowest BCUT2D eigenvalue weighted by Crippen LogP contribution is -2.28. The zero-order valence-corrected chi connectivity index (χ0v) is 15.3. The number of hydrogen-bond acceptors (Lipinski definition) is 5. The number of amides is 2. The quantitative estimate of drug-likeness (QED) is 0.795. The molecule has 26 heavy (non-hydrogen) atoms. The Hall–Kier alpha value is -3.09. The van der Waals surface area contributed by atoms with Gasteiger partial charge in [0, 0.05) is 12.6 Å². The van der Waals surface area contributed by atoms with E-state index in [0.29, 0.717) is 29.6 Å². The molecule has 7 nitrogen and oxygen atoms in total. The summed E-state index contributed by atoms with van der Waals surface area (Å²) in [6.45, 7) is 4.54. The number of rotatable bonds is 7. The highest BCUT2D eigenvalue weighted by atomic mass is 16.5. The van der Waals surface area contributed by atoms with Crippen molar-refractivity contribution in [2.24, 2.45) is 5.92 Å². The summed E-state index contributed by atoms with van der Waals surface area (Å²) < 4.78 is 10.4. The van der Waals surface area contributed by atoms with E-state index in [-0.39, 0.29) is 17.3 Å². The van der Waals surface area contributed by atoms with Crippen LogP contribution in [0.15, 0.2) is 36.4 Å². The first kappa shape index (κ1) is 19.2. The maximum atomic E-state index is 12.5. The van der Waals surface area contributed by atoms with Crippen LogP contribution in [0.3, 0.4) is 0 Å². The van der Waals surface area contributed by atoms with Gasteiger partial charge in [-0.25, -0.2) is 4.98 Å². The van der Waals surface area contributed by atoms with Crippen LogP contribution >= 0.6 is 0 Å². The number of methoxy groups -OCH3 is 2. The van der Waals surface area contributed by atoms with Crippen LogP contribution in [-0.4, -0.2) is 37.6 Å². The van der Waals surface area contributed by atoms with Gasteiger partial charge < -0.3 is 20.1 Å². The Labute approximate surface area is 152 Å². The van der Waals surface area contributed by atoms with E-state index in [9.17, 15) is 9.59 Å². The van der Waals surface area contributed by atoms with Crippen LogP contribution in [0.1, 0.15) is 34.8 Å². The van der Waals surface area contributed by atoms with E-state index in [1.807, 2.05) is 13.8 Å². The SMILES string of the molecule is COc1ccc(OC)c(NC(=O)c2cccc(C(=O)NCC(C)C)n2)c1. The number of nitrogens with one attached hydrogen (secondary N) is 2. The molecule has 0 aliphatic rings. The monoisotopic (exact) mass is 357 g/mol. The van der Waals surface area contributed by atoms with Gasteiger partial charge in [-0.05, 0) is 30.2 Å². The normalized spacial score (nSPS) is 10.3. The average Bonchev–Trinajstić information content (AvgIpc) is 2.65. The Morgan fingerprint density at radius 1 is 1.04 bits per heavy atom. The minimum Gasteiger partial charge on any atom is -0.497 e. The Morgan fingerprint density at radius 3 is 2.35 bits per heavy atom. The molecule has 2 N–H and O–H groups in total. The molecule has 0 atom stereocenters. The molecule has 0 fully saturated rings. The predicted molar refractivity (Wildman–Crippen MR) is 98.9 cm³/mol. The number of carbonyl (C=O) groups is 2. The Kier molecular flexibility index (Phi) is 6.54. The van der Waals surface area contributed by atoms with Crippen molar-refractivity contribution in [1.82, 2.24) is 10.3 Å². The van der Waals surface area contributed by atoms with Gasteiger partial charge in [-0.3, -0.25) is 9.59 Å². The topological polar surface area (TPSA) is 89.5 Å². The van der Waals surface area contributed by atoms with Crippen LogP contribution in [0.4, 0.5) is 5.69 Å². The second-order valence-corrected chi connectivity index (χ2v) is 6.03. The molecular weight excluding hydrogens is 334 g/mol. The maximum Gasteiger partial charge on any atom is 0.274 e. The predicted octanol–water partition coefficient (Wildman–Crippen LogP) is 2.74. The van der Waals surface area contributed by atoms with Gasteiger partial charge >= 0.3 is 0 Å². The summed E-state index contributed by atoms with van der Waals surface area (Å²) in [7, 11) is 3.05. The van der Waals surface area contributed by atoms with Crippen molar-refractivity contribution in [3.63, 3.8) is 0 Å². The van der Waals surface area contributed by atoms with Crippen LogP contribution in [0.5, 0.6) is 11.5 Å². The standard InChI is InChI=1S/C19H23N3O4/c1-12(2)11-20-18(23)14-6-5-7-15(21-14)19(24)22-16-10-13(25-3)8-9-17(16)26-4/h5-10,12H,11H2,1-4H3,(H,20,23)(H,22,24). The molecule has 138 valence electrons. The fourth-order valence-electron chi connectivity index (χ4n) is 2.17. The first-order chi connectivity index (χ1) is 12.4. The second-order valence-electron chi connectivity index (χ2n) is 6.03. The van der Waals surface area contributed by atoms with E-state index >= 15 is 0 Å². The average molecular weight is 357 g/mol. The first-order valence-electron chi connectivity index (χ1n) is 8.23. The van der Waals surface area contributed by atoms with Crippen LogP contribution in [-0.2, 0) is 0 Å². The fraction of sp³-hybridized carbons (Fsp3) is 0.316. The molecule has 7 heteroatoms. The Morgan fingerprint density at radius 2 is 1.73 bits per heavy atom. The van der Waals surface area contributed by atoms with Gasteiger partial charge in [-0.2, -0.15) is 0 Å².